The lowest BCUT2D eigenvalue weighted by molar-refractivity contribution is -0.137. The van der Waals surface area contributed by atoms with Crippen LogP contribution in [-0.2, 0) is 27.5 Å². The standard InChI is InChI=1S/C29H36F3N3O4S/c30-29(31,32)22-7-6-9-24(18-22)40(37,38)35-15-5-2-8-23(35)19-28(36)33-26-12-16-39-27-17-21(10-11-25(26)27)20-34-13-3-1-4-14-34/h6-7,9-11,17-18,23,26H,1-5,8,12-16,19-20H2,(H,33,36)/t23-,26-/m1/s1. The van der Waals surface area contributed by atoms with Crippen LogP contribution in [0.5, 0.6) is 5.75 Å². The summed E-state index contributed by atoms with van der Waals surface area (Å²) in [5, 5.41) is 3.06. The molecule has 0 unspecified atom stereocenters. The molecule has 1 amide bonds. The van der Waals surface area contributed by atoms with Crippen molar-refractivity contribution in [1.29, 1.82) is 0 Å². The second-order valence-corrected chi connectivity index (χ2v) is 12.9. The van der Waals surface area contributed by atoms with Gasteiger partial charge in [-0.15, -0.1) is 0 Å². The molecule has 3 aliphatic rings. The number of carbonyl (C=O) groups excluding carboxylic acids is 1. The molecule has 3 aliphatic heterocycles. The van der Waals surface area contributed by atoms with E-state index in [9.17, 15) is 26.4 Å². The number of sulfonamides is 1. The summed E-state index contributed by atoms with van der Waals surface area (Å²) >= 11 is 0. The molecule has 40 heavy (non-hydrogen) atoms. The first kappa shape index (κ1) is 28.9. The zero-order valence-corrected chi connectivity index (χ0v) is 23.3. The average molecular weight is 580 g/mol. The van der Waals surface area contributed by atoms with Crippen molar-refractivity contribution in [3.63, 3.8) is 0 Å². The van der Waals surface area contributed by atoms with Crippen molar-refractivity contribution in [3.8, 4) is 5.75 Å². The molecule has 218 valence electrons. The number of nitrogens with zero attached hydrogens (tertiary/aromatic N) is 2. The van der Waals surface area contributed by atoms with Crippen molar-refractivity contribution >= 4 is 15.9 Å². The van der Waals surface area contributed by atoms with Gasteiger partial charge in [0, 0.05) is 37.5 Å². The Hall–Kier alpha value is -2.63. The first-order valence-electron chi connectivity index (χ1n) is 14.1. The molecule has 2 fully saturated rings. The third kappa shape index (κ3) is 6.63. The number of alkyl halides is 3. The molecule has 0 radical (unpaired) electrons. The highest BCUT2D eigenvalue weighted by Gasteiger charge is 2.37. The topological polar surface area (TPSA) is 79.0 Å². The summed E-state index contributed by atoms with van der Waals surface area (Å²) in [6, 6.07) is 9.04. The number of rotatable bonds is 7. The summed E-state index contributed by atoms with van der Waals surface area (Å²) in [5.41, 5.74) is 1.06. The predicted octanol–water partition coefficient (Wildman–Crippen LogP) is 5.26. The van der Waals surface area contributed by atoms with Crippen LogP contribution >= 0.6 is 0 Å². The Morgan fingerprint density at radius 3 is 2.52 bits per heavy atom. The zero-order valence-electron chi connectivity index (χ0n) is 22.5. The van der Waals surface area contributed by atoms with Crippen LogP contribution < -0.4 is 10.1 Å². The zero-order chi connectivity index (χ0) is 28.3. The third-order valence-electron chi connectivity index (χ3n) is 8.07. The summed E-state index contributed by atoms with van der Waals surface area (Å²) < 4.78 is 73.6. The monoisotopic (exact) mass is 579 g/mol. The number of halogens is 3. The largest absolute Gasteiger partial charge is 0.493 e. The van der Waals surface area contributed by atoms with E-state index in [1.165, 1.54) is 35.2 Å². The number of piperidine rings is 2. The van der Waals surface area contributed by atoms with Crippen molar-refractivity contribution in [3.05, 3.63) is 59.2 Å². The van der Waals surface area contributed by atoms with Gasteiger partial charge in [0.15, 0.2) is 0 Å². The molecule has 5 rings (SSSR count). The number of benzene rings is 2. The molecule has 0 aliphatic carbocycles. The van der Waals surface area contributed by atoms with E-state index in [0.717, 1.165) is 49.5 Å². The van der Waals surface area contributed by atoms with Crippen molar-refractivity contribution in [1.82, 2.24) is 14.5 Å². The minimum atomic E-state index is -4.65. The Labute approximate surface area is 233 Å². The molecular formula is C29H36F3N3O4S. The fourth-order valence-electron chi connectivity index (χ4n) is 5.99. The van der Waals surface area contributed by atoms with Gasteiger partial charge in [0.25, 0.3) is 0 Å². The normalized spacial score (nSPS) is 22.8. The van der Waals surface area contributed by atoms with Crippen LogP contribution in [0.25, 0.3) is 0 Å². The second-order valence-electron chi connectivity index (χ2n) is 11.0. The van der Waals surface area contributed by atoms with E-state index >= 15 is 0 Å². The third-order valence-corrected chi connectivity index (χ3v) is 10.0. The average Bonchev–Trinajstić information content (AvgIpc) is 2.93. The van der Waals surface area contributed by atoms with Crippen LogP contribution in [0.3, 0.4) is 0 Å². The fourth-order valence-corrected chi connectivity index (χ4v) is 7.73. The summed E-state index contributed by atoms with van der Waals surface area (Å²) in [6.45, 7) is 3.68. The highest BCUT2D eigenvalue weighted by atomic mass is 32.2. The smallest absolute Gasteiger partial charge is 0.416 e. The van der Waals surface area contributed by atoms with E-state index in [4.69, 9.17) is 4.74 Å². The summed E-state index contributed by atoms with van der Waals surface area (Å²) in [7, 11) is -4.21. The molecule has 0 bridgehead atoms. The minimum Gasteiger partial charge on any atom is -0.493 e. The second kappa shape index (κ2) is 12.1. The minimum absolute atomic E-state index is 0.0576. The maximum Gasteiger partial charge on any atom is 0.416 e. The van der Waals surface area contributed by atoms with Gasteiger partial charge in [-0.25, -0.2) is 8.42 Å². The van der Waals surface area contributed by atoms with Gasteiger partial charge in [0.05, 0.1) is 23.1 Å². The van der Waals surface area contributed by atoms with Crippen molar-refractivity contribution < 1.29 is 31.1 Å². The maximum absolute atomic E-state index is 13.4. The van der Waals surface area contributed by atoms with Crippen molar-refractivity contribution in [2.45, 2.75) is 81.1 Å². The molecular weight excluding hydrogens is 543 g/mol. The van der Waals surface area contributed by atoms with Gasteiger partial charge < -0.3 is 10.1 Å². The van der Waals surface area contributed by atoms with E-state index in [-0.39, 0.29) is 24.9 Å². The van der Waals surface area contributed by atoms with E-state index in [2.05, 4.69) is 16.3 Å². The number of nitrogens with one attached hydrogen (secondary N) is 1. The molecule has 3 heterocycles. The van der Waals surface area contributed by atoms with Crippen molar-refractivity contribution in [2.75, 3.05) is 26.2 Å². The molecule has 0 spiro atoms. The van der Waals surface area contributed by atoms with Gasteiger partial charge in [-0.3, -0.25) is 9.69 Å². The highest BCUT2D eigenvalue weighted by Crippen LogP contribution is 2.35. The predicted molar refractivity (Wildman–Crippen MR) is 144 cm³/mol. The van der Waals surface area contributed by atoms with Gasteiger partial charge in [0.1, 0.15) is 5.75 Å². The number of amides is 1. The lowest BCUT2D eigenvalue weighted by atomic mass is 9.97. The van der Waals surface area contributed by atoms with Crippen LogP contribution in [0, 0.1) is 0 Å². The molecule has 0 aromatic heterocycles. The molecule has 11 heteroatoms. The van der Waals surface area contributed by atoms with Gasteiger partial charge in [-0.05, 0) is 68.6 Å². The number of hydrogen-bond acceptors (Lipinski definition) is 5. The number of fused-ring (bicyclic) bond motifs is 1. The fraction of sp³-hybridized carbons (Fsp3) is 0.552. The number of ether oxygens (including phenoxy) is 1. The summed E-state index contributed by atoms with van der Waals surface area (Å²) in [4.78, 5) is 15.2. The quantitative estimate of drug-likeness (QED) is 0.484. The van der Waals surface area contributed by atoms with Crippen LogP contribution in [0.4, 0.5) is 13.2 Å². The Morgan fingerprint density at radius 2 is 1.75 bits per heavy atom. The first-order valence-corrected chi connectivity index (χ1v) is 15.5. The van der Waals surface area contributed by atoms with E-state index < -0.39 is 32.7 Å². The van der Waals surface area contributed by atoms with Gasteiger partial charge in [0.2, 0.25) is 15.9 Å². The molecule has 2 aromatic carbocycles. The van der Waals surface area contributed by atoms with E-state index in [0.29, 0.717) is 31.9 Å². The molecule has 2 atom stereocenters. The Balaban J connectivity index is 1.26. The van der Waals surface area contributed by atoms with Crippen LogP contribution in [0.15, 0.2) is 47.4 Å². The molecule has 2 saturated heterocycles. The van der Waals surface area contributed by atoms with Gasteiger partial charge in [-0.2, -0.15) is 17.5 Å². The van der Waals surface area contributed by atoms with E-state index in [1.807, 2.05) is 12.1 Å². The molecule has 2 aromatic rings. The molecule has 0 saturated carbocycles. The van der Waals surface area contributed by atoms with Crippen molar-refractivity contribution in [2.24, 2.45) is 0 Å². The number of hydrogen-bond donors (Lipinski definition) is 1. The number of likely N-dealkylation sites (tertiary alicyclic amines) is 1. The summed E-state index contributed by atoms with van der Waals surface area (Å²) in [5.74, 6) is 0.476. The molecule has 7 nitrogen and oxygen atoms in total. The Kier molecular flexibility index (Phi) is 8.72. The van der Waals surface area contributed by atoms with Crippen LogP contribution in [0.2, 0.25) is 0 Å². The first-order chi connectivity index (χ1) is 19.1. The summed E-state index contributed by atoms with van der Waals surface area (Å²) in [6.07, 6.45) is 1.40. The Morgan fingerprint density at radius 1 is 0.975 bits per heavy atom. The van der Waals surface area contributed by atoms with Gasteiger partial charge in [-0.1, -0.05) is 31.0 Å². The SMILES string of the molecule is O=C(C[C@H]1CCCCN1S(=O)(=O)c1cccc(C(F)(F)F)c1)N[C@@H]1CCOc2cc(CN3CCCCC3)ccc21. The highest BCUT2D eigenvalue weighted by molar-refractivity contribution is 7.89. The van der Waals surface area contributed by atoms with Crippen LogP contribution in [-0.4, -0.2) is 55.8 Å². The van der Waals surface area contributed by atoms with Gasteiger partial charge >= 0.3 is 6.18 Å². The molecule has 1 N–H and O–H groups in total. The van der Waals surface area contributed by atoms with E-state index in [1.54, 1.807) is 0 Å². The lowest BCUT2D eigenvalue weighted by Crippen LogP contribution is -2.46. The maximum atomic E-state index is 13.4. The van der Waals surface area contributed by atoms with Crippen LogP contribution in [0.1, 0.15) is 74.1 Å². The lowest BCUT2D eigenvalue weighted by Gasteiger charge is -2.35. The number of carbonyl (C=O) groups is 1. The Bertz CT molecular complexity index is 1310.